The second-order valence-corrected chi connectivity index (χ2v) is 9.93. The Kier molecular flexibility index (Phi) is 7.85. The number of hydrogen-bond acceptors (Lipinski definition) is 6. The van der Waals surface area contributed by atoms with E-state index < -0.39 is 17.0 Å². The number of anilines is 2. The lowest BCUT2D eigenvalue weighted by molar-refractivity contribution is 0.0955. The Morgan fingerprint density at radius 1 is 1.08 bits per heavy atom. The van der Waals surface area contributed by atoms with Gasteiger partial charge in [0.25, 0.3) is 5.91 Å². The molecule has 0 saturated heterocycles. The van der Waals surface area contributed by atoms with Crippen LogP contribution in [0.3, 0.4) is 0 Å². The van der Waals surface area contributed by atoms with Crippen LogP contribution in [0.25, 0.3) is 11.1 Å². The SMILES string of the molecule is Cc1sc(N(Cc2ccc(-c3ccc(F)cc3)cc2)c2ccc(C#N)cc2)nc1C(=O)NCS(=O)O. The fraction of sp³-hybridized carbons (Fsp3) is 0.115. The summed E-state index contributed by atoms with van der Waals surface area (Å²) in [5.74, 6) is -1.20. The lowest BCUT2D eigenvalue weighted by Crippen LogP contribution is -2.27. The van der Waals surface area contributed by atoms with Crippen LogP contribution in [0.15, 0.2) is 72.8 Å². The third-order valence-corrected chi connectivity index (χ3v) is 6.75. The number of amides is 1. The number of rotatable bonds is 8. The Bertz CT molecular complexity index is 1430. The molecule has 4 rings (SSSR count). The Labute approximate surface area is 214 Å². The van der Waals surface area contributed by atoms with Crippen LogP contribution in [0, 0.1) is 24.1 Å². The van der Waals surface area contributed by atoms with Gasteiger partial charge in [-0.25, -0.2) is 13.6 Å². The van der Waals surface area contributed by atoms with Gasteiger partial charge in [-0.05, 0) is 60.0 Å². The van der Waals surface area contributed by atoms with E-state index in [4.69, 9.17) is 9.81 Å². The van der Waals surface area contributed by atoms with Crippen LogP contribution >= 0.6 is 11.3 Å². The van der Waals surface area contributed by atoms with E-state index in [9.17, 15) is 13.4 Å². The standard InChI is InChI=1S/C26H21FN4O3S2/c1-17-24(25(32)29-16-36(33)34)30-26(35-17)31(23-12-4-18(14-28)5-13-23)15-19-2-6-20(7-3-19)21-8-10-22(27)11-9-21/h2-13H,15-16H2,1H3,(H,29,32)(H,33,34). The summed E-state index contributed by atoms with van der Waals surface area (Å²) >= 11 is -0.831. The lowest BCUT2D eigenvalue weighted by Gasteiger charge is -2.22. The summed E-state index contributed by atoms with van der Waals surface area (Å²) in [5, 5.41) is 12.1. The third kappa shape index (κ3) is 6.01. The maximum absolute atomic E-state index is 13.3. The number of halogens is 1. The van der Waals surface area contributed by atoms with E-state index in [1.54, 1.807) is 31.2 Å². The minimum absolute atomic E-state index is 0.186. The van der Waals surface area contributed by atoms with Gasteiger partial charge < -0.3 is 14.8 Å². The average molecular weight is 521 g/mol. The molecule has 0 saturated carbocycles. The molecule has 0 spiro atoms. The molecule has 3 aromatic carbocycles. The zero-order valence-electron chi connectivity index (χ0n) is 19.1. The average Bonchev–Trinajstić information content (AvgIpc) is 3.28. The zero-order chi connectivity index (χ0) is 25.7. The predicted molar refractivity (Wildman–Crippen MR) is 139 cm³/mol. The van der Waals surface area contributed by atoms with Crippen LogP contribution in [0.1, 0.15) is 26.5 Å². The van der Waals surface area contributed by atoms with E-state index in [2.05, 4.69) is 16.4 Å². The molecule has 1 amide bonds. The number of aryl methyl sites for hydroxylation is 1. The van der Waals surface area contributed by atoms with E-state index in [-0.39, 0.29) is 17.4 Å². The lowest BCUT2D eigenvalue weighted by atomic mass is 10.0. The molecule has 1 heterocycles. The molecular weight excluding hydrogens is 499 g/mol. The van der Waals surface area contributed by atoms with Crippen LogP contribution < -0.4 is 10.2 Å². The van der Waals surface area contributed by atoms with Crippen LogP contribution in [0.2, 0.25) is 0 Å². The van der Waals surface area contributed by atoms with E-state index in [0.717, 1.165) is 22.4 Å². The summed E-state index contributed by atoms with van der Waals surface area (Å²) in [4.78, 5) is 19.6. The van der Waals surface area contributed by atoms with Gasteiger partial charge in [-0.15, -0.1) is 11.3 Å². The summed E-state index contributed by atoms with van der Waals surface area (Å²) < 4.78 is 33.2. The molecule has 7 nitrogen and oxygen atoms in total. The number of thiazole rings is 1. The van der Waals surface area contributed by atoms with Gasteiger partial charge in [-0.3, -0.25) is 4.79 Å². The zero-order valence-corrected chi connectivity index (χ0v) is 20.8. The summed E-state index contributed by atoms with van der Waals surface area (Å²) in [6.45, 7) is 2.20. The number of benzene rings is 3. The van der Waals surface area contributed by atoms with Gasteiger partial charge in [0.2, 0.25) is 0 Å². The first kappa shape index (κ1) is 25.2. The van der Waals surface area contributed by atoms with Gasteiger partial charge in [-0.2, -0.15) is 5.26 Å². The molecule has 0 fully saturated rings. The van der Waals surface area contributed by atoms with Crippen molar-refractivity contribution in [1.29, 1.82) is 5.26 Å². The Balaban J connectivity index is 1.64. The molecule has 2 N–H and O–H groups in total. The molecule has 1 aromatic heterocycles. The normalized spacial score (nSPS) is 11.5. The highest BCUT2D eigenvalue weighted by atomic mass is 32.2. The molecule has 10 heteroatoms. The number of aromatic nitrogens is 1. The van der Waals surface area contributed by atoms with E-state index in [1.807, 2.05) is 41.3 Å². The van der Waals surface area contributed by atoms with Crippen molar-refractivity contribution in [1.82, 2.24) is 10.3 Å². The highest BCUT2D eigenvalue weighted by molar-refractivity contribution is 7.79. The molecule has 1 unspecified atom stereocenters. The van der Waals surface area contributed by atoms with Crippen molar-refractivity contribution in [3.8, 4) is 17.2 Å². The van der Waals surface area contributed by atoms with Gasteiger partial charge >= 0.3 is 0 Å². The van der Waals surface area contributed by atoms with Gasteiger partial charge in [0, 0.05) is 10.6 Å². The molecular formula is C26H21FN4O3S2. The fourth-order valence-corrected chi connectivity index (χ4v) is 4.71. The topological polar surface area (TPSA) is 106 Å². The molecule has 36 heavy (non-hydrogen) atoms. The van der Waals surface area contributed by atoms with Crippen molar-refractivity contribution >= 4 is 39.1 Å². The molecule has 1 atom stereocenters. The number of carbonyl (C=O) groups excluding carboxylic acids is 1. The van der Waals surface area contributed by atoms with Gasteiger partial charge in [-0.1, -0.05) is 36.4 Å². The van der Waals surface area contributed by atoms with Crippen LogP contribution in [-0.4, -0.2) is 25.5 Å². The van der Waals surface area contributed by atoms with Crippen LogP contribution in [0.5, 0.6) is 0 Å². The summed E-state index contributed by atoms with van der Waals surface area (Å²) in [7, 11) is 0. The largest absolute Gasteiger partial charge is 0.337 e. The summed E-state index contributed by atoms with van der Waals surface area (Å²) in [6, 6.07) is 23.3. The van der Waals surface area contributed by atoms with Crippen molar-refractivity contribution in [3.05, 3.63) is 100 Å². The smallest absolute Gasteiger partial charge is 0.271 e. The predicted octanol–water partition coefficient (Wildman–Crippen LogP) is 5.38. The summed E-state index contributed by atoms with van der Waals surface area (Å²) in [6.07, 6.45) is 0. The Morgan fingerprint density at radius 3 is 2.28 bits per heavy atom. The van der Waals surface area contributed by atoms with Crippen molar-refractivity contribution in [2.45, 2.75) is 13.5 Å². The molecule has 0 bridgehead atoms. The van der Waals surface area contributed by atoms with Crippen LogP contribution in [-0.2, 0) is 17.6 Å². The summed E-state index contributed by atoms with van der Waals surface area (Å²) in [5.41, 5.74) is 4.32. The second-order valence-electron chi connectivity index (χ2n) is 7.82. The molecule has 4 aromatic rings. The molecule has 0 aliphatic carbocycles. The van der Waals surface area contributed by atoms with E-state index in [1.165, 1.54) is 23.5 Å². The fourth-order valence-electron chi connectivity index (χ4n) is 3.53. The Hall–Kier alpha value is -3.91. The van der Waals surface area contributed by atoms with Crippen LogP contribution in [0.4, 0.5) is 15.2 Å². The first-order valence-electron chi connectivity index (χ1n) is 10.8. The highest BCUT2D eigenvalue weighted by Crippen LogP contribution is 2.33. The molecule has 182 valence electrons. The van der Waals surface area contributed by atoms with Crippen molar-refractivity contribution in [2.75, 3.05) is 10.8 Å². The number of nitriles is 1. The van der Waals surface area contributed by atoms with Gasteiger partial charge in [0.05, 0.1) is 18.2 Å². The van der Waals surface area contributed by atoms with Crippen molar-refractivity contribution in [2.24, 2.45) is 0 Å². The first-order valence-corrected chi connectivity index (χ1v) is 12.9. The quantitative estimate of drug-likeness (QED) is 0.302. The van der Waals surface area contributed by atoms with E-state index in [0.29, 0.717) is 22.1 Å². The minimum atomic E-state index is -2.16. The first-order chi connectivity index (χ1) is 17.3. The third-order valence-electron chi connectivity index (χ3n) is 5.37. The maximum Gasteiger partial charge on any atom is 0.271 e. The Morgan fingerprint density at radius 2 is 1.69 bits per heavy atom. The van der Waals surface area contributed by atoms with E-state index >= 15 is 0 Å². The molecule has 0 aliphatic rings. The number of carbonyl (C=O) groups is 1. The molecule has 0 aliphatic heterocycles. The number of nitrogens with zero attached hydrogens (tertiary/aromatic N) is 3. The van der Waals surface area contributed by atoms with Gasteiger partial charge in [0.1, 0.15) is 17.4 Å². The molecule has 0 radical (unpaired) electrons. The second kappa shape index (κ2) is 11.2. The minimum Gasteiger partial charge on any atom is -0.337 e. The number of hydrogen-bond donors (Lipinski definition) is 2. The maximum atomic E-state index is 13.3. The van der Waals surface area contributed by atoms with Gasteiger partial charge in [0.15, 0.2) is 16.2 Å². The monoisotopic (exact) mass is 520 g/mol. The number of nitrogens with one attached hydrogen (secondary N) is 1. The van der Waals surface area contributed by atoms with Crippen molar-refractivity contribution in [3.63, 3.8) is 0 Å². The highest BCUT2D eigenvalue weighted by Gasteiger charge is 2.21. The van der Waals surface area contributed by atoms with Crippen molar-refractivity contribution < 1.29 is 17.9 Å².